The lowest BCUT2D eigenvalue weighted by molar-refractivity contribution is 0.0605. The van der Waals surface area contributed by atoms with Crippen molar-refractivity contribution in [2.24, 2.45) is 11.7 Å². The Labute approximate surface area is 118 Å². The van der Waals surface area contributed by atoms with Crippen molar-refractivity contribution in [1.82, 2.24) is 4.31 Å². The third-order valence-corrected chi connectivity index (χ3v) is 5.73. The van der Waals surface area contributed by atoms with E-state index in [2.05, 4.69) is 0 Å². The van der Waals surface area contributed by atoms with Crippen LogP contribution in [0.25, 0.3) is 0 Å². The van der Waals surface area contributed by atoms with Crippen molar-refractivity contribution in [2.45, 2.75) is 30.9 Å². The highest BCUT2D eigenvalue weighted by Gasteiger charge is 2.34. The highest BCUT2D eigenvalue weighted by molar-refractivity contribution is 7.89. The van der Waals surface area contributed by atoms with E-state index in [1.807, 2.05) is 6.92 Å². The summed E-state index contributed by atoms with van der Waals surface area (Å²) in [4.78, 5) is -0.109. The smallest absolute Gasteiger partial charge is 0.243 e. The summed E-state index contributed by atoms with van der Waals surface area (Å²) in [7, 11) is -3.83. The zero-order chi connectivity index (χ0) is 14.9. The Morgan fingerprint density at radius 2 is 2.20 bits per heavy atom. The second-order valence-corrected chi connectivity index (χ2v) is 7.02. The van der Waals surface area contributed by atoms with Crippen LogP contribution in [0.4, 0.5) is 4.39 Å². The largest absolute Gasteiger partial charge is 0.391 e. The van der Waals surface area contributed by atoms with Crippen molar-refractivity contribution in [3.05, 3.63) is 29.6 Å². The molecule has 5 nitrogen and oxygen atoms in total. The van der Waals surface area contributed by atoms with Crippen LogP contribution < -0.4 is 5.73 Å². The molecular formula is C13H19FN2O3S. The minimum absolute atomic E-state index is 0.0133. The molecule has 2 atom stereocenters. The molecule has 1 heterocycles. The fourth-order valence-electron chi connectivity index (χ4n) is 2.36. The first-order valence-electron chi connectivity index (χ1n) is 6.53. The molecule has 2 rings (SSSR count). The van der Waals surface area contributed by atoms with E-state index < -0.39 is 21.9 Å². The SMILES string of the molecule is CC1CCN(S(=O)(=O)c2cccc(F)c2CN)CC1O. The second kappa shape index (κ2) is 5.77. The molecule has 112 valence electrons. The fraction of sp³-hybridized carbons (Fsp3) is 0.538. The van der Waals surface area contributed by atoms with Crippen molar-refractivity contribution in [3.63, 3.8) is 0 Å². The van der Waals surface area contributed by atoms with Gasteiger partial charge in [-0.2, -0.15) is 4.31 Å². The van der Waals surface area contributed by atoms with E-state index in [1.54, 1.807) is 0 Å². The summed E-state index contributed by atoms with van der Waals surface area (Å²) in [6.45, 7) is 2.04. The summed E-state index contributed by atoms with van der Waals surface area (Å²) < 4.78 is 40.0. The Hall–Kier alpha value is -1.02. The number of rotatable bonds is 3. The highest BCUT2D eigenvalue weighted by Crippen LogP contribution is 2.26. The quantitative estimate of drug-likeness (QED) is 0.860. The van der Waals surface area contributed by atoms with Crippen molar-refractivity contribution in [3.8, 4) is 0 Å². The van der Waals surface area contributed by atoms with Gasteiger partial charge in [0, 0.05) is 25.2 Å². The average Bonchev–Trinajstić information content (AvgIpc) is 2.41. The number of sulfonamides is 1. The van der Waals surface area contributed by atoms with E-state index in [0.717, 1.165) is 0 Å². The molecule has 0 aliphatic carbocycles. The number of β-amino-alcohol motifs (C(OH)–C–C–N with tert-alkyl or cyclic N) is 1. The summed E-state index contributed by atoms with van der Waals surface area (Å²) in [5.41, 5.74) is 5.44. The van der Waals surface area contributed by atoms with Crippen LogP contribution in [-0.4, -0.2) is 37.0 Å². The first-order valence-corrected chi connectivity index (χ1v) is 7.97. The van der Waals surface area contributed by atoms with Gasteiger partial charge < -0.3 is 10.8 Å². The lowest BCUT2D eigenvalue weighted by atomic mass is 9.98. The van der Waals surface area contributed by atoms with Gasteiger partial charge in [-0.3, -0.25) is 0 Å². The van der Waals surface area contributed by atoms with E-state index >= 15 is 0 Å². The first kappa shape index (κ1) is 15.4. The molecule has 0 radical (unpaired) electrons. The molecule has 1 saturated heterocycles. The molecule has 1 fully saturated rings. The van der Waals surface area contributed by atoms with Gasteiger partial charge in [-0.05, 0) is 24.5 Å². The zero-order valence-electron chi connectivity index (χ0n) is 11.3. The van der Waals surface area contributed by atoms with Crippen LogP contribution in [0, 0.1) is 11.7 Å². The number of aliphatic hydroxyl groups is 1. The fourth-order valence-corrected chi connectivity index (χ4v) is 4.07. The number of hydrogen-bond donors (Lipinski definition) is 2. The van der Waals surface area contributed by atoms with Crippen LogP contribution >= 0.6 is 0 Å². The summed E-state index contributed by atoms with van der Waals surface area (Å²) in [5, 5.41) is 9.83. The number of benzene rings is 1. The third kappa shape index (κ3) is 2.71. The predicted octanol–water partition coefficient (Wildman–Crippen LogP) is 0.676. The third-order valence-electron chi connectivity index (χ3n) is 3.78. The van der Waals surface area contributed by atoms with Gasteiger partial charge in [-0.25, -0.2) is 12.8 Å². The molecule has 2 unspecified atom stereocenters. The van der Waals surface area contributed by atoms with E-state index in [0.29, 0.717) is 13.0 Å². The van der Waals surface area contributed by atoms with Crippen molar-refractivity contribution in [2.75, 3.05) is 13.1 Å². The van der Waals surface area contributed by atoms with Gasteiger partial charge in [0.05, 0.1) is 11.0 Å². The van der Waals surface area contributed by atoms with Crippen molar-refractivity contribution < 1.29 is 17.9 Å². The van der Waals surface area contributed by atoms with E-state index in [4.69, 9.17) is 5.73 Å². The van der Waals surface area contributed by atoms with Crippen LogP contribution in [0.3, 0.4) is 0 Å². The molecule has 0 spiro atoms. The van der Waals surface area contributed by atoms with Gasteiger partial charge in [-0.15, -0.1) is 0 Å². The number of aliphatic hydroxyl groups excluding tert-OH is 1. The molecule has 20 heavy (non-hydrogen) atoms. The molecule has 0 bridgehead atoms. The lowest BCUT2D eigenvalue weighted by Crippen LogP contribution is -2.46. The van der Waals surface area contributed by atoms with Gasteiger partial charge >= 0.3 is 0 Å². The summed E-state index contributed by atoms with van der Waals surface area (Å²) in [6, 6.07) is 3.89. The van der Waals surface area contributed by atoms with Crippen LogP contribution in [0.2, 0.25) is 0 Å². The minimum Gasteiger partial charge on any atom is -0.391 e. The monoisotopic (exact) mass is 302 g/mol. The molecule has 1 aromatic carbocycles. The zero-order valence-corrected chi connectivity index (χ0v) is 12.1. The predicted molar refractivity (Wildman–Crippen MR) is 72.8 cm³/mol. The molecule has 0 aromatic heterocycles. The molecule has 1 aliphatic heterocycles. The number of piperidine rings is 1. The number of nitrogens with zero attached hydrogens (tertiary/aromatic N) is 1. The summed E-state index contributed by atoms with van der Waals surface area (Å²) >= 11 is 0. The maximum absolute atomic E-state index is 13.7. The normalized spacial score (nSPS) is 24.8. The second-order valence-electron chi connectivity index (χ2n) is 5.12. The van der Waals surface area contributed by atoms with Crippen molar-refractivity contribution in [1.29, 1.82) is 0 Å². The van der Waals surface area contributed by atoms with E-state index in [9.17, 15) is 17.9 Å². The van der Waals surface area contributed by atoms with Gasteiger partial charge in [0.25, 0.3) is 0 Å². The maximum atomic E-state index is 13.7. The topological polar surface area (TPSA) is 83.6 Å². The first-order chi connectivity index (χ1) is 9.37. The molecular weight excluding hydrogens is 283 g/mol. The molecule has 0 amide bonds. The van der Waals surface area contributed by atoms with Gasteiger partial charge in [0.2, 0.25) is 10.0 Å². The van der Waals surface area contributed by atoms with Crippen molar-refractivity contribution >= 4 is 10.0 Å². The Balaban J connectivity index is 2.39. The van der Waals surface area contributed by atoms with Gasteiger partial charge in [0.15, 0.2) is 0 Å². The van der Waals surface area contributed by atoms with Gasteiger partial charge in [0.1, 0.15) is 5.82 Å². The Bertz CT molecular complexity index is 591. The molecule has 1 aromatic rings. The Kier molecular flexibility index (Phi) is 4.43. The highest BCUT2D eigenvalue weighted by atomic mass is 32.2. The number of nitrogens with two attached hydrogens (primary N) is 1. The van der Waals surface area contributed by atoms with E-state index in [1.165, 1.54) is 22.5 Å². The van der Waals surface area contributed by atoms with Crippen LogP contribution in [0.5, 0.6) is 0 Å². The number of hydrogen-bond acceptors (Lipinski definition) is 4. The minimum atomic E-state index is -3.83. The molecule has 1 aliphatic rings. The van der Waals surface area contributed by atoms with Crippen LogP contribution in [-0.2, 0) is 16.6 Å². The molecule has 3 N–H and O–H groups in total. The maximum Gasteiger partial charge on any atom is 0.243 e. The van der Waals surface area contributed by atoms with E-state index in [-0.39, 0.29) is 29.5 Å². The van der Waals surface area contributed by atoms with Crippen LogP contribution in [0.1, 0.15) is 18.9 Å². The summed E-state index contributed by atoms with van der Waals surface area (Å²) in [6.07, 6.45) is -0.123. The average molecular weight is 302 g/mol. The number of halogens is 1. The van der Waals surface area contributed by atoms with Crippen LogP contribution in [0.15, 0.2) is 23.1 Å². The standard InChI is InChI=1S/C13H19FN2O3S/c1-9-5-6-16(8-12(9)17)20(18,19)13-4-2-3-11(14)10(13)7-15/h2-4,9,12,17H,5-8,15H2,1H3. The lowest BCUT2D eigenvalue weighted by Gasteiger charge is -2.33. The van der Waals surface area contributed by atoms with Gasteiger partial charge in [-0.1, -0.05) is 13.0 Å². The Morgan fingerprint density at radius 1 is 1.50 bits per heavy atom. The summed E-state index contributed by atoms with van der Waals surface area (Å²) in [5.74, 6) is -0.567. The molecule has 7 heteroatoms. The molecule has 0 saturated carbocycles. The Morgan fingerprint density at radius 3 is 2.80 bits per heavy atom.